The van der Waals surface area contributed by atoms with Gasteiger partial charge in [0.2, 0.25) is 11.7 Å². The lowest BCUT2D eigenvalue weighted by atomic mass is 10.5. The number of amides is 1. The summed E-state index contributed by atoms with van der Waals surface area (Å²) in [6.45, 7) is 0. The number of halogens is 1. The molecule has 6 nitrogen and oxygen atoms in total. The van der Waals surface area contributed by atoms with Crippen molar-refractivity contribution in [3.63, 3.8) is 0 Å². The summed E-state index contributed by atoms with van der Waals surface area (Å²) in [4.78, 5) is 26.2. The van der Waals surface area contributed by atoms with Crippen molar-refractivity contribution in [1.82, 2.24) is 9.97 Å². The number of ether oxygens (including phenoxy) is 1. The number of anilines is 1. The number of carbonyl (C=O) groups excluding carboxylic acids is 1. The SMILES string of the molecule is O=C1Nc2nc(=O)[nH]c(c2F)O1. The normalized spacial score (nSPS) is 13.6. The Kier molecular flexibility index (Phi) is 1.15. The molecule has 1 aliphatic rings. The number of aromatic nitrogens is 2. The lowest BCUT2D eigenvalue weighted by Gasteiger charge is -2.12. The summed E-state index contributed by atoms with van der Waals surface area (Å²) < 4.78 is 17.1. The number of H-pyrrole nitrogens is 1. The van der Waals surface area contributed by atoms with Gasteiger partial charge in [0.05, 0.1) is 0 Å². The Morgan fingerprint density at radius 3 is 2.83 bits per heavy atom. The summed E-state index contributed by atoms with van der Waals surface area (Å²) in [5.74, 6) is -1.80. The van der Waals surface area contributed by atoms with Crippen molar-refractivity contribution in [3.05, 3.63) is 16.3 Å². The zero-order valence-corrected chi connectivity index (χ0v) is 5.55. The summed E-state index contributed by atoms with van der Waals surface area (Å²) in [6, 6.07) is 0. The topological polar surface area (TPSA) is 84.1 Å². The molecule has 0 saturated carbocycles. The van der Waals surface area contributed by atoms with E-state index in [2.05, 4.69) is 9.72 Å². The second kappa shape index (κ2) is 2.03. The molecule has 7 heteroatoms. The molecule has 0 spiro atoms. The highest BCUT2D eigenvalue weighted by molar-refractivity contribution is 5.87. The zero-order chi connectivity index (χ0) is 8.72. The number of nitrogens with zero attached hydrogens (tertiary/aromatic N) is 1. The van der Waals surface area contributed by atoms with Crippen molar-refractivity contribution in [2.75, 3.05) is 5.32 Å². The molecule has 62 valence electrons. The summed E-state index contributed by atoms with van der Waals surface area (Å²) in [7, 11) is 0. The number of hydrogen-bond acceptors (Lipinski definition) is 4. The third-order valence-corrected chi connectivity index (χ3v) is 1.26. The molecule has 2 N–H and O–H groups in total. The highest BCUT2D eigenvalue weighted by atomic mass is 19.1. The molecule has 0 fully saturated rings. The number of fused-ring (bicyclic) bond motifs is 2. The quantitative estimate of drug-likeness (QED) is 0.567. The fourth-order valence-electron chi connectivity index (χ4n) is 0.806. The Morgan fingerprint density at radius 2 is 2.17 bits per heavy atom. The first-order valence-corrected chi connectivity index (χ1v) is 2.95. The molecule has 0 aliphatic carbocycles. The largest absolute Gasteiger partial charge is 0.419 e. The molecule has 2 heterocycles. The Balaban J connectivity index is 2.70. The van der Waals surface area contributed by atoms with Gasteiger partial charge in [0.15, 0.2) is 5.82 Å². The van der Waals surface area contributed by atoms with Gasteiger partial charge in [-0.25, -0.2) is 9.59 Å². The Hall–Kier alpha value is -1.92. The maximum Gasteiger partial charge on any atom is 0.419 e. The van der Waals surface area contributed by atoms with Crippen LogP contribution < -0.4 is 15.7 Å². The molecule has 0 atom stereocenters. The highest BCUT2D eigenvalue weighted by Crippen LogP contribution is 2.21. The van der Waals surface area contributed by atoms with Crippen LogP contribution in [-0.4, -0.2) is 16.1 Å². The number of rotatable bonds is 0. The fourth-order valence-corrected chi connectivity index (χ4v) is 0.806. The molecule has 1 aromatic heterocycles. The monoisotopic (exact) mass is 171 g/mol. The Labute approximate surface area is 64.4 Å². The second-order valence-corrected chi connectivity index (χ2v) is 2.05. The molecule has 1 aromatic rings. The van der Waals surface area contributed by atoms with E-state index in [1.54, 1.807) is 0 Å². The van der Waals surface area contributed by atoms with Crippen molar-refractivity contribution in [1.29, 1.82) is 0 Å². The Morgan fingerprint density at radius 1 is 1.42 bits per heavy atom. The fraction of sp³-hybridized carbons (Fsp3) is 0. The van der Waals surface area contributed by atoms with Crippen molar-refractivity contribution in [3.8, 4) is 5.88 Å². The standard InChI is InChI=1S/C5H2FN3O3/c6-1-2-7-4(10)9-3(1)12-5(11)8-2/h(H2,7,8,9,10,11). The minimum absolute atomic E-state index is 0.412. The van der Waals surface area contributed by atoms with Crippen LogP contribution in [0, 0.1) is 5.82 Å². The van der Waals surface area contributed by atoms with E-state index in [4.69, 9.17) is 0 Å². The van der Waals surface area contributed by atoms with Gasteiger partial charge in [0, 0.05) is 0 Å². The van der Waals surface area contributed by atoms with E-state index in [0.717, 1.165) is 0 Å². The van der Waals surface area contributed by atoms with Gasteiger partial charge in [0.1, 0.15) is 0 Å². The van der Waals surface area contributed by atoms with E-state index >= 15 is 0 Å². The molecule has 0 saturated heterocycles. The second-order valence-electron chi connectivity index (χ2n) is 2.05. The first-order valence-electron chi connectivity index (χ1n) is 2.95. The minimum atomic E-state index is -0.880. The molecule has 2 rings (SSSR count). The molecule has 1 amide bonds. The average molecular weight is 171 g/mol. The smallest absolute Gasteiger partial charge is 0.389 e. The summed E-state index contributed by atoms with van der Waals surface area (Å²) in [5.41, 5.74) is -0.776. The van der Waals surface area contributed by atoms with Gasteiger partial charge in [0.25, 0.3) is 0 Å². The van der Waals surface area contributed by atoms with Crippen LogP contribution in [0.1, 0.15) is 0 Å². The van der Waals surface area contributed by atoms with Crippen LogP contribution in [0.15, 0.2) is 4.79 Å². The van der Waals surface area contributed by atoms with Crippen LogP contribution in [0.4, 0.5) is 15.0 Å². The Bertz CT molecular complexity index is 381. The van der Waals surface area contributed by atoms with Crippen LogP contribution in [0.3, 0.4) is 0 Å². The van der Waals surface area contributed by atoms with Crippen molar-refractivity contribution in [2.24, 2.45) is 0 Å². The third kappa shape index (κ3) is 0.831. The van der Waals surface area contributed by atoms with Gasteiger partial charge in [-0.2, -0.15) is 9.37 Å². The van der Waals surface area contributed by atoms with Crippen molar-refractivity contribution < 1.29 is 13.9 Å². The average Bonchev–Trinajstić information content (AvgIpc) is 1.94. The molecule has 0 aromatic carbocycles. The van der Waals surface area contributed by atoms with E-state index in [0.29, 0.717) is 0 Å². The molecule has 2 bridgehead atoms. The minimum Gasteiger partial charge on any atom is -0.389 e. The van der Waals surface area contributed by atoms with E-state index < -0.39 is 29.3 Å². The summed E-state index contributed by atoms with van der Waals surface area (Å²) >= 11 is 0. The summed E-state index contributed by atoms with van der Waals surface area (Å²) in [6.07, 6.45) is -0.870. The lowest BCUT2D eigenvalue weighted by molar-refractivity contribution is 0.207. The number of aromatic amines is 1. The first kappa shape index (κ1) is 6.77. The van der Waals surface area contributed by atoms with Crippen LogP contribution in [-0.2, 0) is 0 Å². The van der Waals surface area contributed by atoms with Gasteiger partial charge in [-0.05, 0) is 0 Å². The molecule has 0 radical (unpaired) electrons. The van der Waals surface area contributed by atoms with E-state index in [1.165, 1.54) is 0 Å². The van der Waals surface area contributed by atoms with E-state index in [-0.39, 0.29) is 0 Å². The van der Waals surface area contributed by atoms with E-state index in [1.807, 2.05) is 10.3 Å². The van der Waals surface area contributed by atoms with E-state index in [9.17, 15) is 14.0 Å². The van der Waals surface area contributed by atoms with Crippen molar-refractivity contribution >= 4 is 11.9 Å². The number of hydrogen-bond donors (Lipinski definition) is 2. The van der Waals surface area contributed by atoms with Crippen molar-refractivity contribution in [2.45, 2.75) is 0 Å². The molecular formula is C5H2FN3O3. The maximum absolute atomic E-state index is 12.8. The summed E-state index contributed by atoms with van der Waals surface area (Å²) in [5, 5.41) is 1.92. The predicted molar refractivity (Wildman–Crippen MR) is 34.5 cm³/mol. The van der Waals surface area contributed by atoms with Crippen LogP contribution in [0.5, 0.6) is 5.88 Å². The predicted octanol–water partition coefficient (Wildman–Crippen LogP) is -0.167. The van der Waals surface area contributed by atoms with Crippen LogP contribution >= 0.6 is 0 Å². The van der Waals surface area contributed by atoms with Gasteiger partial charge >= 0.3 is 11.8 Å². The van der Waals surface area contributed by atoms with Gasteiger partial charge in [-0.3, -0.25) is 10.3 Å². The molecule has 0 unspecified atom stereocenters. The van der Waals surface area contributed by atoms with Crippen LogP contribution in [0.25, 0.3) is 0 Å². The molecular weight excluding hydrogens is 169 g/mol. The number of nitrogens with one attached hydrogen (secondary N) is 2. The highest BCUT2D eigenvalue weighted by Gasteiger charge is 2.23. The van der Waals surface area contributed by atoms with Gasteiger partial charge in [-0.1, -0.05) is 0 Å². The number of carbonyl (C=O) groups is 1. The van der Waals surface area contributed by atoms with Crippen LogP contribution in [0.2, 0.25) is 0 Å². The maximum atomic E-state index is 12.8. The zero-order valence-electron chi connectivity index (χ0n) is 5.55. The first-order chi connectivity index (χ1) is 5.66. The van der Waals surface area contributed by atoms with Gasteiger partial charge in [-0.15, -0.1) is 0 Å². The molecule has 1 aliphatic heterocycles. The van der Waals surface area contributed by atoms with Gasteiger partial charge < -0.3 is 4.74 Å². The lowest BCUT2D eigenvalue weighted by Crippen LogP contribution is -2.29. The third-order valence-electron chi connectivity index (χ3n) is 1.26. The molecule has 12 heavy (non-hydrogen) atoms.